The smallest absolute Gasteiger partial charge is 0.306 e. The molecule has 0 spiro atoms. The van der Waals surface area contributed by atoms with Crippen LogP contribution in [0, 0.1) is 5.92 Å². The summed E-state index contributed by atoms with van der Waals surface area (Å²) in [7, 11) is -3.78. The average Bonchev–Trinajstić information content (AvgIpc) is 3.11. The summed E-state index contributed by atoms with van der Waals surface area (Å²) in [5.74, 6) is 0.161. The first-order valence-corrected chi connectivity index (χ1v) is 20.6. The molecule has 4 unspecified atom stereocenters. The van der Waals surface area contributed by atoms with Gasteiger partial charge in [0.25, 0.3) is 0 Å². The highest BCUT2D eigenvalue weighted by atomic mass is 28.4. The Balaban J connectivity index is 2.93. The maximum absolute atomic E-state index is 11.8. The molecule has 1 saturated heterocycles. The molecule has 0 aliphatic carbocycles. The van der Waals surface area contributed by atoms with E-state index in [4.69, 9.17) is 18.3 Å². The van der Waals surface area contributed by atoms with Gasteiger partial charge in [-0.15, -0.1) is 0 Å². The predicted octanol–water partition coefficient (Wildman–Crippen LogP) is 8.82. The fraction of sp³-hybridized carbons (Fsp3) is 0.839. The van der Waals surface area contributed by atoms with Crippen LogP contribution in [0.4, 0.5) is 0 Å². The molecule has 1 aliphatic heterocycles. The monoisotopic (exact) mass is 568 g/mol. The van der Waals surface area contributed by atoms with Gasteiger partial charge in [0.15, 0.2) is 16.6 Å². The molecular formula is C31H60O5Si2. The zero-order chi connectivity index (χ0) is 29.4. The van der Waals surface area contributed by atoms with Crippen molar-refractivity contribution in [3.05, 3.63) is 24.3 Å². The molecule has 0 aromatic carbocycles. The van der Waals surface area contributed by atoms with Gasteiger partial charge in [-0.25, -0.2) is 0 Å². The van der Waals surface area contributed by atoms with E-state index in [-0.39, 0.29) is 40.5 Å². The third-order valence-electron chi connectivity index (χ3n) is 8.49. The molecule has 0 radical (unpaired) electrons. The van der Waals surface area contributed by atoms with Gasteiger partial charge in [-0.05, 0) is 75.8 Å². The van der Waals surface area contributed by atoms with Crippen LogP contribution in [0.1, 0.15) is 94.4 Å². The molecule has 4 atom stereocenters. The summed E-state index contributed by atoms with van der Waals surface area (Å²) in [4.78, 5) is 11.8. The Morgan fingerprint density at radius 2 is 1.55 bits per heavy atom. The maximum atomic E-state index is 11.8. The zero-order valence-corrected chi connectivity index (χ0v) is 29.0. The summed E-state index contributed by atoms with van der Waals surface area (Å²) in [6.07, 6.45) is 13.0. The first kappa shape index (κ1) is 35.3. The van der Waals surface area contributed by atoms with Crippen molar-refractivity contribution in [2.24, 2.45) is 5.92 Å². The van der Waals surface area contributed by atoms with Gasteiger partial charge in [0, 0.05) is 12.3 Å². The van der Waals surface area contributed by atoms with Gasteiger partial charge in [0.05, 0.1) is 31.0 Å². The van der Waals surface area contributed by atoms with Gasteiger partial charge in [0.2, 0.25) is 0 Å². The number of rotatable bonds is 14. The summed E-state index contributed by atoms with van der Waals surface area (Å²) >= 11 is 0. The Kier molecular flexibility index (Phi) is 13.7. The van der Waals surface area contributed by atoms with Crippen LogP contribution >= 0.6 is 0 Å². The maximum Gasteiger partial charge on any atom is 0.306 e. The van der Waals surface area contributed by atoms with Crippen LogP contribution in [0.3, 0.4) is 0 Å². The molecule has 0 amide bonds. The Morgan fingerprint density at radius 3 is 2.08 bits per heavy atom. The van der Waals surface area contributed by atoms with Gasteiger partial charge in [0.1, 0.15) is 0 Å². The molecule has 7 heteroatoms. The second-order valence-electron chi connectivity index (χ2n) is 14.2. The number of carbonyl (C=O) groups excluding carboxylic acids is 1. The summed E-state index contributed by atoms with van der Waals surface area (Å²) in [6.45, 7) is 29.6. The van der Waals surface area contributed by atoms with Crippen LogP contribution in [0.25, 0.3) is 0 Å². The molecule has 38 heavy (non-hydrogen) atoms. The normalized spacial score (nSPS) is 22.6. The number of allylic oxidation sites excluding steroid dienone is 2. The Labute approximate surface area is 237 Å². The number of hydrogen-bond acceptors (Lipinski definition) is 5. The molecule has 1 fully saturated rings. The van der Waals surface area contributed by atoms with Gasteiger partial charge < -0.3 is 18.3 Å². The van der Waals surface area contributed by atoms with Crippen molar-refractivity contribution in [3.8, 4) is 0 Å². The molecule has 1 aliphatic rings. The van der Waals surface area contributed by atoms with Crippen molar-refractivity contribution in [3.63, 3.8) is 0 Å². The fourth-order valence-corrected chi connectivity index (χ4v) is 6.69. The van der Waals surface area contributed by atoms with E-state index in [9.17, 15) is 4.79 Å². The molecule has 0 N–H and O–H groups in total. The number of hydrogen-bond donors (Lipinski definition) is 0. The molecule has 222 valence electrons. The third-order valence-corrected chi connectivity index (χ3v) is 17.5. The second-order valence-corrected chi connectivity index (χ2v) is 23.7. The number of esters is 1. The summed E-state index contributed by atoms with van der Waals surface area (Å²) in [6, 6.07) is 0. The van der Waals surface area contributed by atoms with Crippen molar-refractivity contribution >= 4 is 22.6 Å². The van der Waals surface area contributed by atoms with Crippen LogP contribution in [0.2, 0.25) is 36.3 Å². The van der Waals surface area contributed by atoms with E-state index >= 15 is 0 Å². The second kappa shape index (κ2) is 14.8. The average molecular weight is 569 g/mol. The van der Waals surface area contributed by atoms with Crippen molar-refractivity contribution in [1.29, 1.82) is 0 Å². The van der Waals surface area contributed by atoms with E-state index in [1.807, 2.05) is 13.8 Å². The molecule has 1 rings (SSSR count). The van der Waals surface area contributed by atoms with E-state index in [1.165, 1.54) is 0 Å². The van der Waals surface area contributed by atoms with Crippen LogP contribution in [-0.2, 0) is 23.1 Å². The largest absolute Gasteiger partial charge is 0.463 e. The quantitative estimate of drug-likeness (QED) is 0.119. The van der Waals surface area contributed by atoms with Crippen LogP contribution in [-0.4, -0.2) is 53.6 Å². The van der Waals surface area contributed by atoms with Gasteiger partial charge >= 0.3 is 5.97 Å². The lowest BCUT2D eigenvalue weighted by Crippen LogP contribution is -2.46. The van der Waals surface area contributed by atoms with Gasteiger partial charge in [-0.3, -0.25) is 4.79 Å². The first-order valence-electron chi connectivity index (χ1n) is 14.8. The highest BCUT2D eigenvalue weighted by Crippen LogP contribution is 2.41. The van der Waals surface area contributed by atoms with Gasteiger partial charge in [-0.2, -0.15) is 0 Å². The van der Waals surface area contributed by atoms with Crippen LogP contribution in [0.15, 0.2) is 24.3 Å². The molecule has 0 saturated carbocycles. The molecular weight excluding hydrogens is 509 g/mol. The van der Waals surface area contributed by atoms with Crippen molar-refractivity contribution in [2.75, 3.05) is 6.61 Å². The Bertz CT molecular complexity index is 774. The summed E-state index contributed by atoms with van der Waals surface area (Å²) in [5, 5.41) is 0.334. The molecule has 5 nitrogen and oxygen atoms in total. The van der Waals surface area contributed by atoms with Crippen molar-refractivity contribution in [1.82, 2.24) is 0 Å². The van der Waals surface area contributed by atoms with Crippen molar-refractivity contribution < 1.29 is 23.1 Å². The Morgan fingerprint density at radius 1 is 0.974 bits per heavy atom. The minimum Gasteiger partial charge on any atom is -0.463 e. The van der Waals surface area contributed by atoms with E-state index < -0.39 is 16.6 Å². The van der Waals surface area contributed by atoms with E-state index in [0.717, 1.165) is 19.3 Å². The zero-order valence-electron chi connectivity index (χ0n) is 27.0. The van der Waals surface area contributed by atoms with Gasteiger partial charge in [-0.1, -0.05) is 72.8 Å². The molecule has 1 heterocycles. The highest BCUT2D eigenvalue weighted by Gasteiger charge is 2.44. The molecule has 0 aromatic heterocycles. The first-order chi connectivity index (χ1) is 17.3. The van der Waals surface area contributed by atoms with Crippen LogP contribution < -0.4 is 0 Å². The predicted molar refractivity (Wildman–Crippen MR) is 166 cm³/mol. The summed E-state index contributed by atoms with van der Waals surface area (Å²) in [5.41, 5.74) is 0. The van der Waals surface area contributed by atoms with Crippen LogP contribution in [0.5, 0.6) is 0 Å². The van der Waals surface area contributed by atoms with E-state index in [2.05, 4.69) is 99.0 Å². The lowest BCUT2D eigenvalue weighted by atomic mass is 9.93. The SMILES string of the molecule is CCC(/C=C/C1OCC(O[Si](C)(C)C(C)(C)C)C1CC/C=C/CCC(=O)OC(C)C)O[Si](C)(C)C(C)(C)C. The van der Waals surface area contributed by atoms with Crippen molar-refractivity contribution in [2.45, 2.75) is 155 Å². The highest BCUT2D eigenvalue weighted by molar-refractivity contribution is 6.74. The standard InChI is InChI=1S/C31H60O5Si2/c1-14-25(35-37(10,11)30(4,5)6)21-22-27-26(19-17-15-16-18-20-29(32)34-24(2)3)28(23-33-27)36-38(12,13)31(7,8)9/h15-16,21-22,24-28H,14,17-20,23H2,1-13H3/b16-15+,22-21+. The summed E-state index contributed by atoms with van der Waals surface area (Å²) < 4.78 is 25.2. The topological polar surface area (TPSA) is 54.0 Å². The lowest BCUT2D eigenvalue weighted by Gasteiger charge is -2.39. The third kappa shape index (κ3) is 11.4. The van der Waals surface area contributed by atoms with E-state index in [0.29, 0.717) is 25.4 Å². The minimum atomic E-state index is -1.92. The number of carbonyl (C=O) groups is 1. The van der Waals surface area contributed by atoms with E-state index in [1.54, 1.807) is 0 Å². The number of ether oxygens (including phenoxy) is 2. The molecule has 0 bridgehead atoms. The Hall–Kier alpha value is -0.736. The minimum absolute atomic E-state index is 0.0243. The lowest BCUT2D eigenvalue weighted by molar-refractivity contribution is -0.147. The fourth-order valence-electron chi connectivity index (χ4n) is 3.98. The molecule has 0 aromatic rings.